The number of rotatable bonds is 11. The molecule has 6 heteroatoms. The molecule has 7 rings (SSSR count). The molecule has 274 valence electrons. The van der Waals surface area contributed by atoms with Crippen LogP contribution in [0.25, 0.3) is 0 Å². The fourth-order valence-corrected chi connectivity index (χ4v) is 8.47. The molecule has 2 aliphatic carbocycles. The Morgan fingerprint density at radius 1 is 0.608 bits per heavy atom. The van der Waals surface area contributed by atoms with E-state index in [9.17, 15) is 9.59 Å². The normalized spacial score (nSPS) is 21.5. The molecule has 2 aliphatic heterocycles. The first-order valence-corrected chi connectivity index (χ1v) is 20.0. The molecule has 2 atom stereocenters. The molecule has 2 saturated carbocycles. The Hall–Kier alpha value is -3.48. The number of anilines is 2. The van der Waals surface area contributed by atoms with Crippen LogP contribution in [0.15, 0.2) is 78.9 Å². The molecule has 2 heterocycles. The monoisotopic (exact) mass is 690 g/mol. The predicted octanol–water partition coefficient (Wildman–Crippen LogP) is 8.55. The fourth-order valence-electron chi connectivity index (χ4n) is 8.47. The third-order valence-corrected chi connectivity index (χ3v) is 12.0. The molecule has 2 saturated heterocycles. The van der Waals surface area contributed by atoms with Gasteiger partial charge in [0.05, 0.1) is 0 Å². The van der Waals surface area contributed by atoms with Crippen LogP contribution in [0, 0.1) is 37.5 Å². The van der Waals surface area contributed by atoms with Crippen molar-refractivity contribution in [3.8, 4) is 0 Å². The summed E-state index contributed by atoms with van der Waals surface area (Å²) >= 11 is 0. The van der Waals surface area contributed by atoms with Crippen LogP contribution in [-0.4, -0.2) is 74.5 Å². The predicted molar refractivity (Wildman–Crippen MR) is 211 cm³/mol. The van der Waals surface area contributed by atoms with Gasteiger partial charge in [-0.2, -0.15) is 0 Å². The van der Waals surface area contributed by atoms with Crippen LogP contribution in [0.5, 0.6) is 0 Å². The number of para-hydroxylation sites is 2. The van der Waals surface area contributed by atoms with Crippen LogP contribution in [0.4, 0.5) is 11.4 Å². The second-order valence-electron chi connectivity index (χ2n) is 16.0. The van der Waals surface area contributed by atoms with Crippen LogP contribution in [-0.2, 0) is 16.0 Å². The summed E-state index contributed by atoms with van der Waals surface area (Å²) in [5, 5.41) is 0. The molecule has 0 spiro atoms. The summed E-state index contributed by atoms with van der Waals surface area (Å²) in [6.07, 6.45) is 12.8. The Labute approximate surface area is 308 Å². The number of benzene rings is 3. The van der Waals surface area contributed by atoms with Gasteiger partial charge in [-0.15, -0.1) is 0 Å². The van der Waals surface area contributed by atoms with Gasteiger partial charge in [0.2, 0.25) is 11.8 Å². The Bertz CT molecular complexity index is 1550. The molecule has 0 bridgehead atoms. The number of aryl methyl sites for hydroxylation is 2. The largest absolute Gasteiger partial charge is 0.312 e. The van der Waals surface area contributed by atoms with Gasteiger partial charge in [0.15, 0.2) is 0 Å². The number of nitrogens with zero attached hydrogens (tertiary/aromatic N) is 4. The van der Waals surface area contributed by atoms with Crippen molar-refractivity contribution in [3.05, 3.63) is 95.6 Å². The van der Waals surface area contributed by atoms with Crippen LogP contribution < -0.4 is 9.80 Å². The van der Waals surface area contributed by atoms with Crippen LogP contribution >= 0.6 is 0 Å². The van der Waals surface area contributed by atoms with Gasteiger partial charge in [-0.05, 0) is 132 Å². The van der Waals surface area contributed by atoms with Crippen molar-refractivity contribution in [2.45, 2.75) is 84.5 Å². The first kappa shape index (κ1) is 37.3. The minimum atomic E-state index is 0.243. The van der Waals surface area contributed by atoms with Crippen molar-refractivity contribution in [1.29, 1.82) is 0 Å². The number of amides is 2. The molecule has 2 unspecified atom stereocenters. The molecule has 2 amide bonds. The Morgan fingerprint density at radius 3 is 1.59 bits per heavy atom. The van der Waals surface area contributed by atoms with E-state index in [-0.39, 0.29) is 11.8 Å². The van der Waals surface area contributed by atoms with Gasteiger partial charge < -0.3 is 19.6 Å². The molecule has 3 aromatic carbocycles. The first-order chi connectivity index (χ1) is 24.9. The highest BCUT2D eigenvalue weighted by Crippen LogP contribution is 2.34. The first-order valence-electron chi connectivity index (χ1n) is 20.0. The van der Waals surface area contributed by atoms with E-state index in [0.717, 1.165) is 76.2 Å². The van der Waals surface area contributed by atoms with Crippen molar-refractivity contribution < 1.29 is 9.59 Å². The summed E-state index contributed by atoms with van der Waals surface area (Å²) in [6.45, 7) is 11.7. The minimum Gasteiger partial charge on any atom is -0.312 e. The fraction of sp³-hybridized carbons (Fsp3) is 0.556. The van der Waals surface area contributed by atoms with Crippen LogP contribution in [0.1, 0.15) is 80.9 Å². The maximum absolute atomic E-state index is 13.3. The van der Waals surface area contributed by atoms with Crippen LogP contribution in [0.3, 0.4) is 0 Å². The maximum atomic E-state index is 13.3. The summed E-state index contributed by atoms with van der Waals surface area (Å²) in [7, 11) is 2.19. The van der Waals surface area contributed by atoms with E-state index in [1.54, 1.807) is 0 Å². The Morgan fingerprint density at radius 2 is 1.10 bits per heavy atom. The lowest BCUT2D eigenvalue weighted by molar-refractivity contribution is -0.125. The lowest BCUT2D eigenvalue weighted by Gasteiger charge is -2.38. The van der Waals surface area contributed by atoms with E-state index in [2.05, 4.69) is 119 Å². The SMILES string of the molecule is Cc1ccccc1N(CC1CCCN(C)C1)C(=O)C1CCC1.Cc1ccccc1N(CC1CCCN(CCc2ccccc2)C1)C(=O)C1CCC1. The highest BCUT2D eigenvalue weighted by atomic mass is 16.2. The van der Waals surface area contributed by atoms with Gasteiger partial charge in [0.25, 0.3) is 0 Å². The van der Waals surface area contributed by atoms with E-state index in [1.165, 1.54) is 68.3 Å². The Balaban J connectivity index is 0.000000183. The average molecular weight is 691 g/mol. The number of carbonyl (C=O) groups excluding carboxylic acids is 2. The number of hydrogen-bond acceptors (Lipinski definition) is 4. The summed E-state index contributed by atoms with van der Waals surface area (Å²) in [5.74, 6) is 2.37. The molecule has 6 nitrogen and oxygen atoms in total. The second-order valence-corrected chi connectivity index (χ2v) is 16.0. The molecule has 0 N–H and O–H groups in total. The standard InChI is InChI=1S/C26H34N2O.C19H28N2O/c1-21-9-5-6-15-25(21)28(26(29)24-13-7-14-24)20-23-12-8-17-27(19-23)18-16-22-10-3-2-4-11-22;1-15-7-3-4-11-18(15)21(19(22)17-9-5-10-17)14-16-8-6-12-20(2)13-16/h2-6,9-11,15,23-24H,7-8,12-14,16-20H2,1H3;3-4,7,11,16-17H,5-6,8-10,12-14H2,1-2H3. The number of carbonyl (C=O) groups is 2. The molecule has 51 heavy (non-hydrogen) atoms. The average Bonchev–Trinajstić information content (AvgIpc) is 3.09. The molecular weight excluding hydrogens is 629 g/mol. The number of piperidine rings is 2. The summed E-state index contributed by atoms with van der Waals surface area (Å²) < 4.78 is 0. The highest BCUT2D eigenvalue weighted by Gasteiger charge is 2.34. The zero-order chi connectivity index (χ0) is 35.6. The molecule has 3 aromatic rings. The van der Waals surface area contributed by atoms with Gasteiger partial charge in [-0.25, -0.2) is 0 Å². The second kappa shape index (κ2) is 18.3. The molecule has 0 radical (unpaired) electrons. The van der Waals surface area contributed by atoms with Gasteiger partial charge >= 0.3 is 0 Å². The third-order valence-electron chi connectivity index (χ3n) is 12.0. The molecule has 0 aromatic heterocycles. The molecule has 4 aliphatic rings. The third kappa shape index (κ3) is 10.1. The molecule has 4 fully saturated rings. The van der Waals surface area contributed by atoms with Crippen molar-refractivity contribution in [1.82, 2.24) is 9.80 Å². The minimum absolute atomic E-state index is 0.243. The lowest BCUT2D eigenvalue weighted by Crippen LogP contribution is -2.46. The number of hydrogen-bond donors (Lipinski definition) is 0. The highest BCUT2D eigenvalue weighted by molar-refractivity contribution is 5.97. The van der Waals surface area contributed by atoms with Crippen molar-refractivity contribution >= 4 is 23.2 Å². The van der Waals surface area contributed by atoms with Crippen LogP contribution in [0.2, 0.25) is 0 Å². The van der Waals surface area contributed by atoms with E-state index in [1.807, 2.05) is 0 Å². The zero-order valence-electron chi connectivity index (χ0n) is 31.6. The van der Waals surface area contributed by atoms with E-state index < -0.39 is 0 Å². The van der Waals surface area contributed by atoms with Gasteiger partial charge in [-0.1, -0.05) is 79.6 Å². The number of likely N-dealkylation sites (tertiary alicyclic amines) is 2. The van der Waals surface area contributed by atoms with E-state index in [0.29, 0.717) is 23.7 Å². The summed E-state index contributed by atoms with van der Waals surface area (Å²) in [6, 6.07) is 27.5. The zero-order valence-corrected chi connectivity index (χ0v) is 31.6. The van der Waals surface area contributed by atoms with Gasteiger partial charge in [-0.3, -0.25) is 9.59 Å². The van der Waals surface area contributed by atoms with Gasteiger partial charge in [0, 0.05) is 55.9 Å². The molecular formula is C45H62N4O2. The Kier molecular flexibility index (Phi) is 13.4. The van der Waals surface area contributed by atoms with Crippen molar-refractivity contribution in [2.75, 3.05) is 62.7 Å². The topological polar surface area (TPSA) is 47.1 Å². The smallest absolute Gasteiger partial charge is 0.230 e. The quantitative estimate of drug-likeness (QED) is 0.202. The maximum Gasteiger partial charge on any atom is 0.230 e. The van der Waals surface area contributed by atoms with E-state index in [4.69, 9.17) is 0 Å². The van der Waals surface area contributed by atoms with Crippen molar-refractivity contribution in [2.24, 2.45) is 23.7 Å². The van der Waals surface area contributed by atoms with E-state index >= 15 is 0 Å². The summed E-state index contributed by atoms with van der Waals surface area (Å²) in [5.41, 5.74) is 6.06. The lowest BCUT2D eigenvalue weighted by atomic mass is 9.83. The summed E-state index contributed by atoms with van der Waals surface area (Å²) in [4.78, 5) is 35.4. The van der Waals surface area contributed by atoms with Crippen molar-refractivity contribution in [3.63, 3.8) is 0 Å². The van der Waals surface area contributed by atoms with Gasteiger partial charge in [0.1, 0.15) is 0 Å².